The maximum absolute atomic E-state index is 14.8. The molecule has 3 amide bonds. The Morgan fingerprint density at radius 2 is 1.61 bits per heavy atom. The molecule has 3 aromatic rings. The fourth-order valence-corrected chi connectivity index (χ4v) is 9.71. The van der Waals surface area contributed by atoms with Crippen molar-refractivity contribution in [1.82, 2.24) is 14.8 Å². The SMILES string of the molecule is CC(C)(C)OC(=O)N1C[C@@](C)(c2cc(F)cc(F)c2)N(CC(=O)Oc2ccc3c(c2)C[C@@]2(C3)C(=O)N(COCC[Si](C)(C)C)c3ncccc32)C(=O)C12CCCC2. The number of carbonyl (C=O) groups excluding carboxylic acids is 4. The number of nitrogens with zero attached hydrogens (tertiary/aromatic N) is 4. The predicted octanol–water partition coefficient (Wildman–Crippen LogP) is 7.27. The van der Waals surface area contributed by atoms with E-state index in [9.17, 15) is 28.0 Å². The molecule has 4 aliphatic rings. The van der Waals surface area contributed by atoms with Crippen LogP contribution in [0.3, 0.4) is 0 Å². The maximum Gasteiger partial charge on any atom is 0.411 e. The van der Waals surface area contributed by atoms with Crippen LogP contribution in [0.5, 0.6) is 5.75 Å². The molecule has 2 aliphatic carbocycles. The quantitative estimate of drug-likeness (QED) is 0.0961. The summed E-state index contributed by atoms with van der Waals surface area (Å²) in [5, 5.41) is 0. The molecule has 2 atom stereocenters. The highest BCUT2D eigenvalue weighted by molar-refractivity contribution is 6.76. The molecule has 0 N–H and O–H groups in total. The molecule has 57 heavy (non-hydrogen) atoms. The number of benzene rings is 2. The van der Waals surface area contributed by atoms with E-state index in [0.29, 0.717) is 50.9 Å². The van der Waals surface area contributed by atoms with Gasteiger partial charge in [-0.1, -0.05) is 44.6 Å². The van der Waals surface area contributed by atoms with Gasteiger partial charge in [-0.2, -0.15) is 0 Å². The first kappa shape index (κ1) is 40.5. The summed E-state index contributed by atoms with van der Waals surface area (Å²) in [6.07, 6.45) is 3.79. The molecule has 2 aromatic carbocycles. The third-order valence-electron chi connectivity index (χ3n) is 11.9. The molecular formula is C43H52F2N4O7Si. The molecule has 7 rings (SSSR count). The molecule has 14 heteroatoms. The average molecular weight is 803 g/mol. The summed E-state index contributed by atoms with van der Waals surface area (Å²) in [7, 11) is -1.33. The van der Waals surface area contributed by atoms with Crippen LogP contribution in [0.15, 0.2) is 54.7 Å². The molecule has 1 saturated heterocycles. The Morgan fingerprint density at radius 3 is 2.28 bits per heavy atom. The topological polar surface area (TPSA) is 119 Å². The van der Waals surface area contributed by atoms with Gasteiger partial charge in [0.15, 0.2) is 0 Å². The van der Waals surface area contributed by atoms with E-state index in [2.05, 4.69) is 24.6 Å². The Morgan fingerprint density at radius 1 is 0.930 bits per heavy atom. The second-order valence-electron chi connectivity index (χ2n) is 18.4. The summed E-state index contributed by atoms with van der Waals surface area (Å²) >= 11 is 0. The van der Waals surface area contributed by atoms with Gasteiger partial charge in [0.2, 0.25) is 11.8 Å². The largest absolute Gasteiger partial charge is 0.444 e. The van der Waals surface area contributed by atoms with E-state index < -0.39 is 66.3 Å². The minimum atomic E-state index is -1.54. The van der Waals surface area contributed by atoms with E-state index in [1.54, 1.807) is 50.9 Å². The normalized spacial score (nSPS) is 22.7. The molecule has 11 nitrogen and oxygen atoms in total. The molecule has 0 bridgehead atoms. The highest BCUT2D eigenvalue weighted by Gasteiger charge is 2.61. The van der Waals surface area contributed by atoms with Crippen LogP contribution in [0.25, 0.3) is 0 Å². The van der Waals surface area contributed by atoms with Crippen LogP contribution in [0.1, 0.15) is 75.6 Å². The molecule has 0 unspecified atom stereocenters. The number of fused-ring (bicyclic) bond motifs is 3. The van der Waals surface area contributed by atoms with Gasteiger partial charge >= 0.3 is 12.1 Å². The number of piperazine rings is 1. The zero-order chi connectivity index (χ0) is 41.1. The van der Waals surface area contributed by atoms with Crippen molar-refractivity contribution < 1.29 is 42.2 Å². The van der Waals surface area contributed by atoms with Gasteiger partial charge in [-0.25, -0.2) is 23.4 Å². The van der Waals surface area contributed by atoms with Gasteiger partial charge in [0.25, 0.3) is 0 Å². The van der Waals surface area contributed by atoms with Crippen LogP contribution in [-0.4, -0.2) is 84.3 Å². The molecule has 2 aliphatic heterocycles. The first-order valence-corrected chi connectivity index (χ1v) is 23.4. The Hall–Kier alpha value is -4.69. The van der Waals surface area contributed by atoms with Crippen molar-refractivity contribution in [3.8, 4) is 5.75 Å². The zero-order valence-corrected chi connectivity index (χ0v) is 34.9. The molecule has 1 saturated carbocycles. The molecule has 2 spiro atoms. The average Bonchev–Trinajstić information content (AvgIpc) is 3.81. The number of pyridine rings is 1. The first-order chi connectivity index (χ1) is 26.7. The standard InChI is InChI=1S/C43H52F2N4O7Si/c1-40(2,3)56-39(53)49-26-41(4,30-20-31(44)22-32(45)21-30)48(38(52)43(49)14-8-9-15-43)25-35(50)55-33-13-12-28-23-42(24-29(28)19-33)34-11-10-16-46-36(34)47(37(42)51)27-54-17-18-57(5,6)7/h10-13,16,19-22H,8-9,14-15,17-18,23-27H2,1-7H3/t41-,42+/m0/s1. The first-order valence-electron chi connectivity index (χ1n) is 19.7. The second-order valence-corrected chi connectivity index (χ2v) is 24.0. The van der Waals surface area contributed by atoms with Crippen LogP contribution in [0, 0.1) is 11.6 Å². The minimum absolute atomic E-state index is 0.0804. The Balaban J connectivity index is 1.14. The van der Waals surface area contributed by atoms with Crippen molar-refractivity contribution in [1.29, 1.82) is 0 Å². The fourth-order valence-electron chi connectivity index (χ4n) is 8.95. The lowest BCUT2D eigenvalue weighted by Crippen LogP contribution is -2.73. The lowest BCUT2D eigenvalue weighted by atomic mass is 9.79. The number of aromatic nitrogens is 1. The number of carbonyl (C=O) groups is 4. The van der Waals surface area contributed by atoms with Gasteiger partial charge in [0, 0.05) is 32.5 Å². The van der Waals surface area contributed by atoms with Crippen molar-refractivity contribution in [2.45, 2.75) is 114 Å². The van der Waals surface area contributed by atoms with E-state index in [1.807, 2.05) is 18.2 Å². The van der Waals surface area contributed by atoms with Crippen LogP contribution in [0.2, 0.25) is 25.7 Å². The van der Waals surface area contributed by atoms with Gasteiger partial charge < -0.3 is 19.1 Å². The van der Waals surface area contributed by atoms with Crippen molar-refractivity contribution in [2.75, 3.05) is 31.3 Å². The number of amides is 3. The van der Waals surface area contributed by atoms with E-state index in [-0.39, 0.29) is 30.5 Å². The molecule has 1 aromatic heterocycles. The fraction of sp³-hybridized carbons (Fsp3) is 0.512. The highest BCUT2D eigenvalue weighted by Crippen LogP contribution is 2.50. The monoisotopic (exact) mass is 802 g/mol. The number of ether oxygens (including phenoxy) is 3. The summed E-state index contributed by atoms with van der Waals surface area (Å²) in [5.41, 5.74) is -1.90. The van der Waals surface area contributed by atoms with Gasteiger partial charge in [0.1, 0.15) is 47.6 Å². The van der Waals surface area contributed by atoms with E-state index in [1.165, 1.54) is 9.80 Å². The molecular weight excluding hydrogens is 751 g/mol. The number of esters is 1. The van der Waals surface area contributed by atoms with E-state index in [4.69, 9.17) is 14.2 Å². The van der Waals surface area contributed by atoms with Crippen LogP contribution in [0.4, 0.5) is 19.4 Å². The number of hydrogen-bond donors (Lipinski definition) is 0. The van der Waals surface area contributed by atoms with Crippen molar-refractivity contribution in [2.24, 2.45) is 0 Å². The number of rotatable bonds is 9. The molecule has 2 fully saturated rings. The van der Waals surface area contributed by atoms with Gasteiger partial charge in [-0.05, 0) is 106 Å². The maximum atomic E-state index is 14.8. The van der Waals surface area contributed by atoms with Crippen molar-refractivity contribution in [3.05, 3.63) is 88.6 Å². The third-order valence-corrected chi connectivity index (χ3v) is 13.6. The number of hydrogen-bond acceptors (Lipinski definition) is 8. The van der Waals surface area contributed by atoms with Gasteiger partial charge in [0.05, 0.1) is 17.5 Å². The Labute approximate surface area is 333 Å². The molecule has 0 radical (unpaired) electrons. The third kappa shape index (κ3) is 7.58. The lowest BCUT2D eigenvalue weighted by Gasteiger charge is -2.56. The number of halogens is 2. The zero-order valence-electron chi connectivity index (χ0n) is 33.9. The van der Waals surface area contributed by atoms with Crippen LogP contribution < -0.4 is 9.64 Å². The smallest absolute Gasteiger partial charge is 0.411 e. The predicted molar refractivity (Wildman–Crippen MR) is 211 cm³/mol. The second kappa shape index (κ2) is 14.6. The summed E-state index contributed by atoms with van der Waals surface area (Å²) in [5.74, 6) is -2.28. The van der Waals surface area contributed by atoms with Gasteiger partial charge in [-0.3, -0.25) is 19.4 Å². The number of anilines is 1. The van der Waals surface area contributed by atoms with E-state index in [0.717, 1.165) is 40.9 Å². The van der Waals surface area contributed by atoms with Gasteiger partial charge in [-0.15, -0.1) is 0 Å². The van der Waals surface area contributed by atoms with Crippen LogP contribution >= 0.6 is 0 Å². The Kier molecular flexibility index (Phi) is 10.4. The lowest BCUT2D eigenvalue weighted by molar-refractivity contribution is -0.168. The summed E-state index contributed by atoms with van der Waals surface area (Å²) in [6.45, 7) is 13.5. The summed E-state index contributed by atoms with van der Waals surface area (Å²) < 4.78 is 47.2. The highest BCUT2D eigenvalue weighted by atomic mass is 28.3. The summed E-state index contributed by atoms with van der Waals surface area (Å²) in [6, 6.07) is 13.0. The summed E-state index contributed by atoms with van der Waals surface area (Å²) in [4.78, 5) is 65.7. The Bertz CT molecular complexity index is 2090. The minimum Gasteiger partial charge on any atom is -0.444 e. The molecule has 304 valence electrons. The van der Waals surface area contributed by atoms with Crippen molar-refractivity contribution in [3.63, 3.8) is 0 Å². The van der Waals surface area contributed by atoms with Crippen LogP contribution in [-0.2, 0) is 47.7 Å². The van der Waals surface area contributed by atoms with E-state index >= 15 is 0 Å². The molecule has 3 heterocycles. The van der Waals surface area contributed by atoms with Crippen molar-refractivity contribution >= 4 is 37.8 Å².